The molecule has 1 saturated carbocycles. The highest BCUT2D eigenvalue weighted by atomic mass is 32.2. The van der Waals surface area contributed by atoms with Gasteiger partial charge in [-0.05, 0) is 63.1 Å². The molecule has 1 atom stereocenters. The average Bonchev–Trinajstić information content (AvgIpc) is 3.02. The first-order chi connectivity index (χ1) is 15.4. The van der Waals surface area contributed by atoms with Crippen LogP contribution in [-0.2, 0) is 21.0 Å². The molecule has 2 N–H and O–H groups in total. The Balaban J connectivity index is 1.58. The van der Waals surface area contributed by atoms with Gasteiger partial charge in [0, 0.05) is 37.1 Å². The number of anilines is 2. The number of sulfonamides is 1. The molecule has 0 unspecified atom stereocenters. The predicted molar refractivity (Wildman–Crippen MR) is 118 cm³/mol. The summed E-state index contributed by atoms with van der Waals surface area (Å²) in [7, 11) is -3.72. The summed E-state index contributed by atoms with van der Waals surface area (Å²) in [5.74, 6) is 0.0116. The van der Waals surface area contributed by atoms with Gasteiger partial charge in [-0.1, -0.05) is 0 Å². The average molecular weight is 490 g/mol. The Kier molecular flexibility index (Phi) is 6.32. The largest absolute Gasteiger partial charge is 0.418 e. The summed E-state index contributed by atoms with van der Waals surface area (Å²) < 4.78 is 66.7. The first kappa shape index (κ1) is 24.1. The Morgan fingerprint density at radius 3 is 2.45 bits per heavy atom. The van der Waals surface area contributed by atoms with Gasteiger partial charge in [0.25, 0.3) is 0 Å². The standard InChI is InChI=1S/C22H30F3N3O4S/c1-33(31,32)26-15-3-8-19(18(13-15)22(23,24)25)27-11-2-9-21(14-27)10-12-28(20(21)30)16-4-6-17(29)7-5-16/h3,8,13,16-17,26,29H,2,4-7,9-12,14H2,1H3/t16?,17?,21-/m1/s1. The summed E-state index contributed by atoms with van der Waals surface area (Å²) in [6.45, 7) is 1.20. The third-order valence-corrected chi connectivity index (χ3v) is 7.78. The van der Waals surface area contributed by atoms with E-state index in [2.05, 4.69) is 4.72 Å². The normalized spacial score (nSPS) is 29.1. The van der Waals surface area contributed by atoms with Gasteiger partial charge in [0.15, 0.2) is 0 Å². The second kappa shape index (κ2) is 8.65. The molecule has 184 valence electrons. The van der Waals surface area contributed by atoms with Crippen LogP contribution in [0.3, 0.4) is 0 Å². The minimum atomic E-state index is -4.68. The van der Waals surface area contributed by atoms with Gasteiger partial charge in [-0.3, -0.25) is 9.52 Å². The first-order valence-corrected chi connectivity index (χ1v) is 13.2. The number of rotatable bonds is 4. The highest BCUT2D eigenvalue weighted by Crippen LogP contribution is 2.46. The minimum Gasteiger partial charge on any atom is -0.393 e. The Morgan fingerprint density at radius 1 is 1.12 bits per heavy atom. The van der Waals surface area contributed by atoms with E-state index in [1.165, 1.54) is 12.1 Å². The van der Waals surface area contributed by atoms with Crippen LogP contribution < -0.4 is 9.62 Å². The summed E-state index contributed by atoms with van der Waals surface area (Å²) in [6.07, 6.45) is 0.561. The number of piperidine rings is 1. The number of benzene rings is 1. The van der Waals surface area contributed by atoms with Crippen molar-refractivity contribution in [1.29, 1.82) is 0 Å². The maximum Gasteiger partial charge on any atom is 0.418 e. The number of likely N-dealkylation sites (tertiary alicyclic amines) is 1. The third kappa shape index (κ3) is 5.08. The Bertz CT molecular complexity index is 1010. The lowest BCUT2D eigenvalue weighted by atomic mass is 9.78. The Hall–Kier alpha value is -2.01. The molecule has 1 aliphatic carbocycles. The number of halogens is 3. The van der Waals surface area contributed by atoms with Crippen molar-refractivity contribution >= 4 is 27.3 Å². The van der Waals surface area contributed by atoms with E-state index >= 15 is 0 Å². The highest BCUT2D eigenvalue weighted by Gasteiger charge is 2.51. The molecule has 2 heterocycles. The zero-order valence-corrected chi connectivity index (χ0v) is 19.4. The number of nitrogens with one attached hydrogen (secondary N) is 1. The molecule has 2 aliphatic heterocycles. The summed E-state index contributed by atoms with van der Waals surface area (Å²) in [6, 6.07) is 3.51. The van der Waals surface area contributed by atoms with E-state index in [0.717, 1.165) is 25.2 Å². The fraction of sp³-hybridized carbons (Fsp3) is 0.682. The summed E-state index contributed by atoms with van der Waals surface area (Å²) in [4.78, 5) is 17.0. The van der Waals surface area contributed by atoms with Crippen LogP contribution in [0.1, 0.15) is 50.5 Å². The molecule has 0 bridgehead atoms. The van der Waals surface area contributed by atoms with Gasteiger partial charge in [-0.2, -0.15) is 13.2 Å². The van der Waals surface area contributed by atoms with Crippen molar-refractivity contribution in [2.24, 2.45) is 5.41 Å². The van der Waals surface area contributed by atoms with Gasteiger partial charge in [0.05, 0.1) is 23.3 Å². The third-order valence-electron chi connectivity index (χ3n) is 7.18. The van der Waals surface area contributed by atoms with Gasteiger partial charge in [0.2, 0.25) is 15.9 Å². The van der Waals surface area contributed by atoms with Crippen LogP contribution in [0.4, 0.5) is 24.5 Å². The molecule has 3 fully saturated rings. The molecule has 1 aromatic rings. The number of amides is 1. The summed E-state index contributed by atoms with van der Waals surface area (Å²) in [5, 5.41) is 9.77. The van der Waals surface area contributed by atoms with Crippen molar-refractivity contribution in [3.05, 3.63) is 23.8 Å². The van der Waals surface area contributed by atoms with E-state index in [1.807, 2.05) is 4.90 Å². The quantitative estimate of drug-likeness (QED) is 0.678. The van der Waals surface area contributed by atoms with E-state index in [0.29, 0.717) is 45.2 Å². The molecule has 1 spiro atoms. The molecule has 11 heteroatoms. The van der Waals surface area contributed by atoms with Crippen LogP contribution in [0.5, 0.6) is 0 Å². The molecule has 2 saturated heterocycles. The fourth-order valence-electron chi connectivity index (χ4n) is 5.60. The van der Waals surface area contributed by atoms with Crippen molar-refractivity contribution in [3.8, 4) is 0 Å². The van der Waals surface area contributed by atoms with E-state index in [-0.39, 0.29) is 36.0 Å². The van der Waals surface area contributed by atoms with E-state index in [9.17, 15) is 31.5 Å². The molecule has 4 rings (SSSR count). The van der Waals surface area contributed by atoms with E-state index in [1.54, 1.807) is 4.90 Å². The van der Waals surface area contributed by atoms with E-state index < -0.39 is 27.2 Å². The van der Waals surface area contributed by atoms with Crippen LogP contribution >= 0.6 is 0 Å². The second-order valence-electron chi connectivity index (χ2n) is 9.62. The lowest BCUT2D eigenvalue weighted by Gasteiger charge is -2.42. The fourth-order valence-corrected chi connectivity index (χ4v) is 6.15. The van der Waals surface area contributed by atoms with Crippen LogP contribution in [0, 0.1) is 5.41 Å². The van der Waals surface area contributed by atoms with Gasteiger partial charge >= 0.3 is 6.18 Å². The lowest BCUT2D eigenvalue weighted by molar-refractivity contribution is -0.139. The van der Waals surface area contributed by atoms with Crippen molar-refractivity contribution in [3.63, 3.8) is 0 Å². The predicted octanol–water partition coefficient (Wildman–Crippen LogP) is 3.20. The van der Waals surface area contributed by atoms with Gasteiger partial charge in [-0.15, -0.1) is 0 Å². The molecule has 0 radical (unpaired) electrons. The second-order valence-corrected chi connectivity index (χ2v) is 11.4. The molecule has 3 aliphatic rings. The lowest BCUT2D eigenvalue weighted by Crippen LogP contribution is -2.50. The first-order valence-electron chi connectivity index (χ1n) is 11.3. The number of hydrogen-bond donors (Lipinski definition) is 2. The number of hydrogen-bond acceptors (Lipinski definition) is 5. The Morgan fingerprint density at radius 2 is 1.82 bits per heavy atom. The monoisotopic (exact) mass is 489 g/mol. The molecule has 1 amide bonds. The zero-order valence-electron chi connectivity index (χ0n) is 18.6. The van der Waals surface area contributed by atoms with Crippen LogP contribution in [0.25, 0.3) is 0 Å². The summed E-state index contributed by atoms with van der Waals surface area (Å²) in [5.41, 5.74) is -1.81. The zero-order chi connectivity index (χ0) is 24.0. The number of aliphatic hydroxyl groups is 1. The molecule has 1 aromatic carbocycles. The van der Waals surface area contributed by atoms with Crippen molar-refractivity contribution in [1.82, 2.24) is 4.90 Å². The summed E-state index contributed by atoms with van der Waals surface area (Å²) >= 11 is 0. The number of alkyl halides is 3. The molecular formula is C22H30F3N3O4S. The molecule has 0 aromatic heterocycles. The van der Waals surface area contributed by atoms with Gasteiger partial charge in [0.1, 0.15) is 0 Å². The maximum absolute atomic E-state index is 13.9. The number of carbonyl (C=O) groups is 1. The smallest absolute Gasteiger partial charge is 0.393 e. The van der Waals surface area contributed by atoms with Gasteiger partial charge in [-0.25, -0.2) is 8.42 Å². The maximum atomic E-state index is 13.9. The molecule has 33 heavy (non-hydrogen) atoms. The van der Waals surface area contributed by atoms with Crippen LogP contribution in [-0.4, -0.2) is 62.4 Å². The number of aliphatic hydroxyl groups excluding tert-OH is 1. The highest BCUT2D eigenvalue weighted by molar-refractivity contribution is 7.92. The number of nitrogens with zero attached hydrogens (tertiary/aromatic N) is 2. The van der Waals surface area contributed by atoms with Crippen LogP contribution in [0.15, 0.2) is 18.2 Å². The SMILES string of the molecule is CS(=O)(=O)Nc1ccc(N2CCC[C@@]3(CCN(C4CCC(O)CC4)C3=O)C2)c(C(F)(F)F)c1. The minimum absolute atomic E-state index is 0.0116. The molecule has 7 nitrogen and oxygen atoms in total. The Labute approximate surface area is 192 Å². The van der Waals surface area contributed by atoms with E-state index in [4.69, 9.17) is 0 Å². The topological polar surface area (TPSA) is 90.0 Å². The molecular weight excluding hydrogens is 459 g/mol. The van der Waals surface area contributed by atoms with Crippen molar-refractivity contribution in [2.45, 2.75) is 63.3 Å². The van der Waals surface area contributed by atoms with Crippen LogP contribution in [0.2, 0.25) is 0 Å². The van der Waals surface area contributed by atoms with Gasteiger partial charge < -0.3 is 14.9 Å². The number of carbonyl (C=O) groups excluding carboxylic acids is 1. The van der Waals surface area contributed by atoms with Crippen molar-refractivity contribution in [2.75, 3.05) is 35.5 Å². The van der Waals surface area contributed by atoms with Crippen molar-refractivity contribution < 1.29 is 31.5 Å².